The summed E-state index contributed by atoms with van der Waals surface area (Å²) < 4.78 is 63.1. The molecule has 0 aromatic carbocycles. The van der Waals surface area contributed by atoms with Crippen LogP contribution in [0.5, 0.6) is 0 Å². The molecule has 402 valence electrons. The first-order chi connectivity index (χ1) is 32.7. The standard InChI is InChI=1S/C38H65NO30/c1-9(45)39-17-24(52)19(47)11(3-41)62-34(17)67-31-16(66-35(30(58)28(31)56)59-7-15-23(51)18(46)10(2-40)61-15)8-60-37-32(26(54)21(49)13(5-43)64-37)69-38-33(27(55)22(50)14(6-44)65-38)68-36-29(57)25(53)20(48)12(4-42)63-36/h10-38,40-44,46-58H,2-8H2,1H3,(H,39,45)/t10-,11-,12-,13-,14-,15+,16-,17-,18-,19+,20-,21-,22-,23-,24-,25+,26+,27+,28-,29+,30+,31-,32+,33+,34+,35+,36-,37+,38-/m1/s1. The Labute approximate surface area is 390 Å². The van der Waals surface area contributed by atoms with E-state index in [1.807, 2.05) is 0 Å². The van der Waals surface area contributed by atoms with Crippen molar-refractivity contribution >= 4 is 5.91 Å². The van der Waals surface area contributed by atoms with Crippen molar-refractivity contribution in [3.63, 3.8) is 0 Å². The fourth-order valence-corrected chi connectivity index (χ4v) is 8.72. The van der Waals surface area contributed by atoms with Crippen molar-refractivity contribution in [2.75, 3.05) is 46.2 Å². The van der Waals surface area contributed by atoms with Crippen LogP contribution < -0.4 is 5.32 Å². The predicted octanol–water partition coefficient (Wildman–Crippen LogP) is -13.3. The van der Waals surface area contributed by atoms with Crippen LogP contribution in [0.2, 0.25) is 0 Å². The maximum absolute atomic E-state index is 12.2. The number of rotatable bonds is 18. The number of aliphatic hydroxyl groups is 18. The summed E-state index contributed by atoms with van der Waals surface area (Å²) in [5, 5.41) is 192. The van der Waals surface area contributed by atoms with Gasteiger partial charge in [0.1, 0.15) is 146 Å². The fourth-order valence-electron chi connectivity index (χ4n) is 8.72. The summed E-state index contributed by atoms with van der Waals surface area (Å²) in [4.78, 5) is 12.2. The van der Waals surface area contributed by atoms with E-state index in [1.54, 1.807) is 0 Å². The second-order valence-corrected chi connectivity index (χ2v) is 17.4. The average Bonchev–Trinajstić information content (AvgIpc) is 3.61. The summed E-state index contributed by atoms with van der Waals surface area (Å²) in [5.41, 5.74) is 0. The van der Waals surface area contributed by atoms with E-state index in [0.717, 1.165) is 6.92 Å². The van der Waals surface area contributed by atoms with Gasteiger partial charge in [-0.2, -0.15) is 0 Å². The smallest absolute Gasteiger partial charge is 0.217 e. The molecule has 6 heterocycles. The van der Waals surface area contributed by atoms with Crippen LogP contribution in [0.3, 0.4) is 0 Å². The number of aliphatic hydroxyl groups excluding tert-OH is 18. The van der Waals surface area contributed by atoms with Crippen LogP contribution in [0.4, 0.5) is 0 Å². The van der Waals surface area contributed by atoms with E-state index in [0.29, 0.717) is 0 Å². The van der Waals surface area contributed by atoms with Crippen molar-refractivity contribution in [1.29, 1.82) is 0 Å². The van der Waals surface area contributed by atoms with Gasteiger partial charge in [0.25, 0.3) is 0 Å². The molecule has 6 aliphatic rings. The van der Waals surface area contributed by atoms with Crippen LogP contribution in [-0.2, 0) is 56.9 Å². The normalized spacial score (nSPS) is 50.8. The monoisotopic (exact) mass is 1020 g/mol. The minimum Gasteiger partial charge on any atom is -0.394 e. The second-order valence-electron chi connectivity index (χ2n) is 17.4. The Hall–Kier alpha value is -1.69. The predicted molar refractivity (Wildman–Crippen MR) is 210 cm³/mol. The molecule has 0 aliphatic carbocycles. The van der Waals surface area contributed by atoms with Gasteiger partial charge in [-0.1, -0.05) is 0 Å². The number of nitrogens with one attached hydrogen (secondary N) is 1. The van der Waals surface area contributed by atoms with Gasteiger partial charge in [-0.15, -0.1) is 0 Å². The van der Waals surface area contributed by atoms with E-state index >= 15 is 0 Å². The lowest BCUT2D eigenvalue weighted by Gasteiger charge is -2.49. The van der Waals surface area contributed by atoms with Gasteiger partial charge in [0.15, 0.2) is 31.5 Å². The number of amides is 1. The summed E-state index contributed by atoms with van der Waals surface area (Å²) in [6.07, 6.45) is -51.5. The van der Waals surface area contributed by atoms with Gasteiger partial charge in [-0.25, -0.2) is 0 Å². The molecule has 69 heavy (non-hydrogen) atoms. The molecular formula is C38H65NO30. The lowest BCUT2D eigenvalue weighted by Crippen LogP contribution is -2.68. The Bertz CT molecular complexity index is 1590. The molecular weight excluding hydrogens is 950 g/mol. The first kappa shape index (κ1) is 56.6. The lowest BCUT2D eigenvalue weighted by atomic mass is 9.95. The molecule has 0 aromatic heterocycles. The van der Waals surface area contributed by atoms with Crippen molar-refractivity contribution < 1.29 is 149 Å². The maximum atomic E-state index is 12.2. The van der Waals surface area contributed by atoms with Gasteiger partial charge in [-0.3, -0.25) is 4.79 Å². The van der Waals surface area contributed by atoms with Gasteiger partial charge in [0.05, 0.1) is 46.2 Å². The Morgan fingerprint density at radius 2 is 0.710 bits per heavy atom. The minimum atomic E-state index is -2.13. The topological polar surface area (TPSA) is 495 Å². The highest BCUT2D eigenvalue weighted by molar-refractivity contribution is 5.73. The van der Waals surface area contributed by atoms with E-state index < -0.39 is 230 Å². The summed E-state index contributed by atoms with van der Waals surface area (Å²) in [6, 6.07) is -1.61. The molecule has 0 aromatic rings. The van der Waals surface area contributed by atoms with E-state index in [-0.39, 0.29) is 0 Å². The first-order valence-electron chi connectivity index (χ1n) is 22.0. The Morgan fingerprint density at radius 1 is 0.362 bits per heavy atom. The van der Waals surface area contributed by atoms with Crippen LogP contribution in [0.25, 0.3) is 0 Å². The minimum absolute atomic E-state index is 0.645. The summed E-state index contributed by atoms with van der Waals surface area (Å²) >= 11 is 0. The highest BCUT2D eigenvalue weighted by Gasteiger charge is 2.56. The van der Waals surface area contributed by atoms with Gasteiger partial charge < -0.3 is 149 Å². The molecule has 6 rings (SSSR count). The third-order valence-corrected chi connectivity index (χ3v) is 12.8. The largest absolute Gasteiger partial charge is 0.394 e. The first-order valence-corrected chi connectivity index (χ1v) is 22.0. The number of carbonyl (C=O) groups excluding carboxylic acids is 1. The van der Waals surface area contributed by atoms with E-state index in [1.165, 1.54) is 0 Å². The fraction of sp³-hybridized carbons (Fsp3) is 0.974. The molecule has 31 nitrogen and oxygen atoms in total. The number of ether oxygens (including phenoxy) is 11. The van der Waals surface area contributed by atoms with Crippen LogP contribution in [-0.4, -0.2) is 322 Å². The molecule has 6 saturated heterocycles. The molecule has 6 fully saturated rings. The molecule has 0 spiro atoms. The molecule has 6 aliphatic heterocycles. The van der Waals surface area contributed by atoms with E-state index in [2.05, 4.69) is 5.32 Å². The molecule has 0 bridgehead atoms. The zero-order valence-electron chi connectivity index (χ0n) is 36.6. The van der Waals surface area contributed by atoms with Crippen LogP contribution in [0, 0.1) is 0 Å². The van der Waals surface area contributed by atoms with E-state index in [9.17, 15) is 96.7 Å². The highest BCUT2D eigenvalue weighted by atomic mass is 16.8. The van der Waals surface area contributed by atoms with E-state index in [4.69, 9.17) is 52.1 Å². The van der Waals surface area contributed by atoms with Crippen molar-refractivity contribution in [3.8, 4) is 0 Å². The molecule has 0 radical (unpaired) electrons. The summed E-state index contributed by atoms with van der Waals surface area (Å²) in [5.74, 6) is -0.764. The molecule has 0 saturated carbocycles. The molecule has 29 atom stereocenters. The third kappa shape index (κ3) is 12.1. The Morgan fingerprint density at radius 3 is 1.25 bits per heavy atom. The molecule has 31 heteroatoms. The van der Waals surface area contributed by atoms with Crippen LogP contribution in [0.15, 0.2) is 0 Å². The van der Waals surface area contributed by atoms with Crippen molar-refractivity contribution in [2.45, 2.75) is 185 Å². The van der Waals surface area contributed by atoms with Crippen LogP contribution >= 0.6 is 0 Å². The molecule has 19 N–H and O–H groups in total. The Kier molecular flexibility index (Phi) is 20.1. The van der Waals surface area contributed by atoms with Crippen LogP contribution in [0.1, 0.15) is 6.92 Å². The number of hydrogen-bond acceptors (Lipinski definition) is 30. The summed E-state index contributed by atoms with van der Waals surface area (Å²) in [6.45, 7) is -4.95. The number of hydrogen-bond donors (Lipinski definition) is 19. The van der Waals surface area contributed by atoms with Gasteiger partial charge >= 0.3 is 0 Å². The van der Waals surface area contributed by atoms with Gasteiger partial charge in [0, 0.05) is 6.92 Å². The zero-order chi connectivity index (χ0) is 50.8. The van der Waals surface area contributed by atoms with Gasteiger partial charge in [0.2, 0.25) is 5.91 Å². The maximum Gasteiger partial charge on any atom is 0.217 e. The number of carbonyl (C=O) groups is 1. The molecule has 1 amide bonds. The average molecular weight is 1020 g/mol. The van der Waals surface area contributed by atoms with Gasteiger partial charge in [-0.05, 0) is 0 Å². The molecule has 0 unspecified atom stereocenters. The highest BCUT2D eigenvalue weighted by Crippen LogP contribution is 2.36. The van der Waals surface area contributed by atoms with Crippen molar-refractivity contribution in [2.24, 2.45) is 0 Å². The third-order valence-electron chi connectivity index (χ3n) is 12.8. The second kappa shape index (κ2) is 24.6. The quantitative estimate of drug-likeness (QED) is 0.0606. The lowest BCUT2D eigenvalue weighted by molar-refractivity contribution is -0.397. The van der Waals surface area contributed by atoms with Crippen molar-refractivity contribution in [1.82, 2.24) is 5.32 Å². The zero-order valence-corrected chi connectivity index (χ0v) is 36.6. The SMILES string of the molecule is CC(=O)N[C@H]1[C@H](O[C@H]2[C@H](O)[C@H](O)[C@@H](OC[C@@H]3O[C@H](CO)[C@@H](O)[C@@H]3O)O[C@@H]2CO[C@H]2O[C@H](CO)[C@@H](O)[C@H](O)[C@@H]2O[C@H]2O[C@H](CO)[C@@H](O)[C@H](O)[C@@H]2O[C@H]2O[C@H](CO)[C@@H](O)[C@H](O)[C@@H]2O)O[C@H](CO)[C@H](O)[C@@H]1O. The Balaban J connectivity index is 1.29. The summed E-state index contributed by atoms with van der Waals surface area (Å²) in [7, 11) is 0. The van der Waals surface area contributed by atoms with Crippen molar-refractivity contribution in [3.05, 3.63) is 0 Å².